The summed E-state index contributed by atoms with van der Waals surface area (Å²) in [6.07, 6.45) is 4.38. The molecule has 0 bridgehead atoms. The summed E-state index contributed by atoms with van der Waals surface area (Å²) in [7, 11) is 1.77. The molecule has 0 aromatic carbocycles. The fourth-order valence-corrected chi connectivity index (χ4v) is 2.99. The van der Waals surface area contributed by atoms with E-state index in [4.69, 9.17) is 16.3 Å². The van der Waals surface area contributed by atoms with E-state index in [1.54, 1.807) is 24.1 Å². The molecule has 1 amide bonds. The van der Waals surface area contributed by atoms with Crippen LogP contribution in [0.1, 0.15) is 21.7 Å². The fraction of sp³-hybridized carbons (Fsp3) is 0.438. The monoisotopic (exact) mass is 334 g/mol. The van der Waals surface area contributed by atoms with Crippen molar-refractivity contribution in [2.75, 3.05) is 13.2 Å². The number of nitrogens with one attached hydrogen (secondary N) is 1. The van der Waals surface area contributed by atoms with E-state index in [2.05, 4.69) is 15.4 Å². The predicted molar refractivity (Wildman–Crippen MR) is 86.5 cm³/mol. The van der Waals surface area contributed by atoms with Crippen molar-refractivity contribution in [3.05, 3.63) is 46.5 Å². The van der Waals surface area contributed by atoms with E-state index in [0.717, 1.165) is 12.1 Å². The molecule has 6 nitrogen and oxygen atoms in total. The minimum Gasteiger partial charge on any atom is -0.379 e. The Labute approximate surface area is 139 Å². The Kier molecular flexibility index (Phi) is 4.63. The number of nitrogens with zero attached hydrogens (tertiary/aromatic N) is 3. The topological polar surface area (TPSA) is 69.0 Å². The van der Waals surface area contributed by atoms with Crippen LogP contribution in [0.3, 0.4) is 0 Å². The molecule has 0 aliphatic carbocycles. The van der Waals surface area contributed by atoms with E-state index in [-0.39, 0.29) is 23.6 Å². The lowest BCUT2D eigenvalue weighted by atomic mass is 9.95. The summed E-state index contributed by atoms with van der Waals surface area (Å²) in [4.78, 5) is 16.5. The molecule has 0 spiro atoms. The normalized spacial score (nSPS) is 20.7. The van der Waals surface area contributed by atoms with E-state index in [9.17, 15) is 4.79 Å². The third-order valence-electron chi connectivity index (χ3n) is 4.24. The molecule has 1 fully saturated rings. The largest absolute Gasteiger partial charge is 0.379 e. The molecule has 23 heavy (non-hydrogen) atoms. The van der Waals surface area contributed by atoms with Gasteiger partial charge in [-0.25, -0.2) is 0 Å². The summed E-state index contributed by atoms with van der Waals surface area (Å²) >= 11 is 6.18. The number of halogens is 1. The van der Waals surface area contributed by atoms with Crippen LogP contribution >= 0.6 is 11.6 Å². The highest BCUT2D eigenvalue weighted by molar-refractivity contribution is 6.34. The first-order valence-electron chi connectivity index (χ1n) is 7.53. The predicted octanol–water partition coefficient (Wildman–Crippen LogP) is 1.76. The van der Waals surface area contributed by atoms with Crippen molar-refractivity contribution in [1.29, 1.82) is 0 Å². The number of rotatable bonds is 4. The summed E-state index contributed by atoms with van der Waals surface area (Å²) in [5.74, 6) is -0.0288. The number of carbonyl (C=O) groups is 1. The van der Waals surface area contributed by atoms with E-state index in [1.165, 1.54) is 5.56 Å². The van der Waals surface area contributed by atoms with Crippen molar-refractivity contribution in [2.45, 2.75) is 19.4 Å². The van der Waals surface area contributed by atoms with Crippen LogP contribution in [0, 0.1) is 12.8 Å². The molecule has 1 aliphatic heterocycles. The van der Waals surface area contributed by atoms with Gasteiger partial charge < -0.3 is 10.1 Å². The number of carbonyl (C=O) groups excluding carboxylic acids is 1. The van der Waals surface area contributed by atoms with Gasteiger partial charge in [0.15, 0.2) is 5.69 Å². The molecule has 1 N–H and O–H groups in total. The Morgan fingerprint density at radius 1 is 1.43 bits per heavy atom. The number of aryl methyl sites for hydroxylation is 1. The summed E-state index contributed by atoms with van der Waals surface area (Å²) in [6, 6.07) is 3.92. The summed E-state index contributed by atoms with van der Waals surface area (Å²) < 4.78 is 7.16. The third kappa shape index (κ3) is 3.38. The summed E-state index contributed by atoms with van der Waals surface area (Å²) in [5.41, 5.74) is 2.22. The zero-order valence-corrected chi connectivity index (χ0v) is 13.9. The number of ether oxygens (including phenoxy) is 1. The van der Waals surface area contributed by atoms with Crippen LogP contribution in [0.25, 0.3) is 0 Å². The zero-order valence-electron chi connectivity index (χ0n) is 13.1. The standard InChI is InChI=1S/C16H19ClN4O2/c1-10-14(17)15(20-21(10)2)16(22)19-13-9-23-8-12(13)7-11-3-5-18-6-4-11/h3-6,12-13H,7-9H2,1-2H3,(H,19,22)/t12-,13-/m1/s1. The molecule has 3 rings (SSSR count). The first kappa shape index (κ1) is 16.0. The molecule has 122 valence electrons. The highest BCUT2D eigenvalue weighted by atomic mass is 35.5. The van der Waals surface area contributed by atoms with Crippen molar-refractivity contribution in [3.63, 3.8) is 0 Å². The number of hydrogen-bond acceptors (Lipinski definition) is 4. The van der Waals surface area contributed by atoms with Crippen molar-refractivity contribution in [2.24, 2.45) is 13.0 Å². The highest BCUT2D eigenvalue weighted by Crippen LogP contribution is 2.22. The Hall–Kier alpha value is -1.92. The van der Waals surface area contributed by atoms with Gasteiger partial charge in [0.25, 0.3) is 5.91 Å². The van der Waals surface area contributed by atoms with Crippen LogP contribution in [0.5, 0.6) is 0 Å². The minimum atomic E-state index is -0.256. The second-order valence-corrected chi connectivity index (χ2v) is 6.19. The van der Waals surface area contributed by atoms with Crippen LogP contribution in [-0.2, 0) is 18.2 Å². The smallest absolute Gasteiger partial charge is 0.273 e. The van der Waals surface area contributed by atoms with Crippen molar-refractivity contribution in [1.82, 2.24) is 20.1 Å². The van der Waals surface area contributed by atoms with Gasteiger partial charge in [0, 0.05) is 25.4 Å². The first-order valence-corrected chi connectivity index (χ1v) is 7.90. The molecule has 1 saturated heterocycles. The number of hydrogen-bond donors (Lipinski definition) is 1. The quantitative estimate of drug-likeness (QED) is 0.925. The molecule has 0 unspecified atom stereocenters. The van der Waals surface area contributed by atoms with Crippen molar-refractivity contribution < 1.29 is 9.53 Å². The Balaban J connectivity index is 1.68. The van der Waals surface area contributed by atoms with Crippen LogP contribution in [-0.4, -0.2) is 39.9 Å². The molecule has 2 aromatic rings. The summed E-state index contributed by atoms with van der Waals surface area (Å²) in [6.45, 7) is 2.96. The minimum absolute atomic E-state index is 0.0472. The maximum Gasteiger partial charge on any atom is 0.273 e. The van der Waals surface area contributed by atoms with Gasteiger partial charge in [-0.05, 0) is 31.0 Å². The molecule has 3 heterocycles. The molecule has 1 aliphatic rings. The number of aromatic nitrogens is 3. The average molecular weight is 335 g/mol. The Morgan fingerprint density at radius 3 is 2.83 bits per heavy atom. The highest BCUT2D eigenvalue weighted by Gasteiger charge is 2.31. The fourth-order valence-electron chi connectivity index (χ4n) is 2.75. The molecular formula is C16H19ClN4O2. The second kappa shape index (κ2) is 6.68. The van der Waals surface area contributed by atoms with Crippen molar-refractivity contribution >= 4 is 17.5 Å². The summed E-state index contributed by atoms with van der Waals surface area (Å²) in [5, 5.41) is 7.59. The van der Waals surface area contributed by atoms with Gasteiger partial charge in [-0.2, -0.15) is 5.10 Å². The average Bonchev–Trinajstić information content (AvgIpc) is 3.08. The zero-order chi connectivity index (χ0) is 16.4. The molecule has 2 aromatic heterocycles. The maximum absolute atomic E-state index is 12.4. The van der Waals surface area contributed by atoms with Crippen LogP contribution in [0.2, 0.25) is 5.02 Å². The van der Waals surface area contributed by atoms with E-state index in [0.29, 0.717) is 18.2 Å². The molecule has 0 saturated carbocycles. The third-order valence-corrected chi connectivity index (χ3v) is 4.69. The van der Waals surface area contributed by atoms with Gasteiger partial charge in [-0.15, -0.1) is 0 Å². The van der Waals surface area contributed by atoms with E-state index < -0.39 is 0 Å². The molecule has 0 radical (unpaired) electrons. The first-order chi connectivity index (χ1) is 11.1. The lowest BCUT2D eigenvalue weighted by Crippen LogP contribution is -2.41. The van der Waals surface area contributed by atoms with Gasteiger partial charge in [0.2, 0.25) is 0 Å². The second-order valence-electron chi connectivity index (χ2n) is 5.81. The number of amides is 1. The lowest BCUT2D eigenvalue weighted by Gasteiger charge is -2.18. The van der Waals surface area contributed by atoms with Gasteiger partial charge in [-0.1, -0.05) is 11.6 Å². The van der Waals surface area contributed by atoms with Gasteiger partial charge in [0.1, 0.15) is 0 Å². The molecular weight excluding hydrogens is 316 g/mol. The lowest BCUT2D eigenvalue weighted by molar-refractivity contribution is 0.0919. The number of pyridine rings is 1. The molecule has 7 heteroatoms. The Bertz CT molecular complexity index is 702. The van der Waals surface area contributed by atoms with Crippen molar-refractivity contribution in [3.8, 4) is 0 Å². The van der Waals surface area contributed by atoms with Crippen LogP contribution < -0.4 is 5.32 Å². The molecule has 2 atom stereocenters. The Morgan fingerprint density at radius 2 is 2.17 bits per heavy atom. The van der Waals surface area contributed by atoms with Crippen LogP contribution in [0.15, 0.2) is 24.5 Å². The van der Waals surface area contributed by atoms with Crippen LogP contribution in [0.4, 0.5) is 0 Å². The van der Waals surface area contributed by atoms with Gasteiger partial charge in [0.05, 0.1) is 30.0 Å². The van der Waals surface area contributed by atoms with Gasteiger partial charge in [-0.3, -0.25) is 14.5 Å². The SMILES string of the molecule is Cc1c(Cl)c(C(=O)N[C@@H]2COC[C@H]2Cc2ccncc2)nn1C. The van der Waals surface area contributed by atoms with E-state index >= 15 is 0 Å². The van der Waals surface area contributed by atoms with Gasteiger partial charge >= 0.3 is 0 Å². The maximum atomic E-state index is 12.4. The van der Waals surface area contributed by atoms with E-state index in [1.807, 2.05) is 19.1 Å².